The molecule has 1 unspecified atom stereocenters. The predicted octanol–water partition coefficient (Wildman–Crippen LogP) is 3.25. The van der Waals surface area contributed by atoms with Crippen LogP contribution in [0.15, 0.2) is 55.1 Å². The Balaban J connectivity index is 1.88. The van der Waals surface area contributed by atoms with E-state index in [-0.39, 0.29) is 6.79 Å². The van der Waals surface area contributed by atoms with Gasteiger partial charge in [-0.05, 0) is 18.1 Å². The molecule has 2 aromatic carbocycles. The Labute approximate surface area is 123 Å². The largest absolute Gasteiger partial charge is 0.454 e. The van der Waals surface area contributed by atoms with Crippen LogP contribution >= 0.6 is 0 Å². The van der Waals surface area contributed by atoms with Gasteiger partial charge in [-0.25, -0.2) is 0 Å². The lowest BCUT2D eigenvalue weighted by molar-refractivity contribution is 0.174. The third-order valence-corrected chi connectivity index (χ3v) is 3.37. The van der Waals surface area contributed by atoms with Crippen molar-refractivity contribution in [1.29, 1.82) is 0 Å². The van der Waals surface area contributed by atoms with Crippen LogP contribution < -0.4 is 14.8 Å². The monoisotopic (exact) mass is 283 g/mol. The van der Waals surface area contributed by atoms with E-state index < -0.39 is 6.23 Å². The Morgan fingerprint density at radius 3 is 2.62 bits per heavy atom. The molecule has 0 radical (unpaired) electrons. The number of hydrogen-bond acceptors (Lipinski definition) is 4. The second kappa shape index (κ2) is 5.89. The summed E-state index contributed by atoms with van der Waals surface area (Å²) in [5.41, 5.74) is 2.62. The standard InChI is InChI=1S/C17H17NO3/c1-2-6-13-9-15-16(21-11-20-15)10-14(13)18-17(19)12-7-4-3-5-8-12/h2-5,7-10,17-19H,1,6,11H2. The van der Waals surface area contributed by atoms with Gasteiger partial charge in [0.2, 0.25) is 6.79 Å². The molecule has 108 valence electrons. The third-order valence-electron chi connectivity index (χ3n) is 3.37. The van der Waals surface area contributed by atoms with Gasteiger partial charge in [-0.1, -0.05) is 36.4 Å². The number of allylic oxidation sites excluding steroid dienone is 1. The second-order valence-corrected chi connectivity index (χ2v) is 4.81. The number of fused-ring (bicyclic) bond motifs is 1. The highest BCUT2D eigenvalue weighted by Gasteiger charge is 2.18. The first-order valence-electron chi connectivity index (χ1n) is 6.81. The molecule has 0 spiro atoms. The minimum absolute atomic E-state index is 0.230. The van der Waals surface area contributed by atoms with Crippen LogP contribution in [0.1, 0.15) is 17.4 Å². The van der Waals surface area contributed by atoms with Crippen molar-refractivity contribution in [2.75, 3.05) is 12.1 Å². The van der Waals surface area contributed by atoms with E-state index in [0.29, 0.717) is 12.2 Å². The van der Waals surface area contributed by atoms with Crippen molar-refractivity contribution < 1.29 is 14.6 Å². The maximum Gasteiger partial charge on any atom is 0.231 e. The van der Waals surface area contributed by atoms with Gasteiger partial charge in [-0.3, -0.25) is 0 Å². The van der Waals surface area contributed by atoms with Crippen molar-refractivity contribution in [3.63, 3.8) is 0 Å². The molecule has 2 N–H and O–H groups in total. The van der Waals surface area contributed by atoms with Gasteiger partial charge in [-0.15, -0.1) is 6.58 Å². The maximum absolute atomic E-state index is 10.3. The molecule has 2 aromatic rings. The molecule has 0 aliphatic carbocycles. The van der Waals surface area contributed by atoms with Gasteiger partial charge in [0.1, 0.15) is 0 Å². The van der Waals surface area contributed by atoms with Crippen molar-refractivity contribution in [1.82, 2.24) is 0 Å². The summed E-state index contributed by atoms with van der Waals surface area (Å²) in [4.78, 5) is 0. The molecule has 3 rings (SSSR count). The molecular weight excluding hydrogens is 266 g/mol. The Kier molecular flexibility index (Phi) is 3.79. The molecule has 1 heterocycles. The minimum atomic E-state index is -0.782. The number of aliphatic hydroxyl groups is 1. The first kappa shape index (κ1) is 13.5. The number of aliphatic hydroxyl groups excluding tert-OH is 1. The lowest BCUT2D eigenvalue weighted by Crippen LogP contribution is -2.11. The van der Waals surface area contributed by atoms with Gasteiger partial charge in [0, 0.05) is 17.3 Å². The topological polar surface area (TPSA) is 50.7 Å². The van der Waals surface area contributed by atoms with Crippen molar-refractivity contribution in [3.8, 4) is 11.5 Å². The number of nitrogens with one attached hydrogen (secondary N) is 1. The number of benzene rings is 2. The van der Waals surface area contributed by atoms with Gasteiger partial charge in [-0.2, -0.15) is 0 Å². The molecule has 21 heavy (non-hydrogen) atoms. The molecule has 0 amide bonds. The average molecular weight is 283 g/mol. The number of ether oxygens (including phenoxy) is 2. The molecule has 0 saturated heterocycles. The second-order valence-electron chi connectivity index (χ2n) is 4.81. The van der Waals surface area contributed by atoms with Crippen LogP contribution in [0.2, 0.25) is 0 Å². The SMILES string of the molecule is C=CCc1cc2c(cc1NC(O)c1ccccc1)OCO2. The fourth-order valence-electron chi connectivity index (χ4n) is 2.31. The summed E-state index contributed by atoms with van der Waals surface area (Å²) in [5, 5.41) is 13.4. The van der Waals surface area contributed by atoms with Crippen LogP contribution in [0.25, 0.3) is 0 Å². The Hall–Kier alpha value is -2.46. The van der Waals surface area contributed by atoms with Gasteiger partial charge in [0.05, 0.1) is 0 Å². The third kappa shape index (κ3) is 2.85. The quantitative estimate of drug-likeness (QED) is 0.653. The van der Waals surface area contributed by atoms with Crippen LogP contribution in [0, 0.1) is 0 Å². The normalized spacial score (nSPS) is 13.8. The molecule has 1 atom stereocenters. The van der Waals surface area contributed by atoms with Gasteiger partial charge >= 0.3 is 0 Å². The zero-order valence-corrected chi connectivity index (χ0v) is 11.6. The number of hydrogen-bond donors (Lipinski definition) is 2. The zero-order valence-electron chi connectivity index (χ0n) is 11.6. The smallest absolute Gasteiger partial charge is 0.231 e. The lowest BCUT2D eigenvalue weighted by atomic mass is 10.1. The zero-order chi connectivity index (χ0) is 14.7. The number of anilines is 1. The first-order chi connectivity index (χ1) is 10.3. The van der Waals surface area contributed by atoms with Gasteiger partial charge in [0.15, 0.2) is 17.7 Å². The average Bonchev–Trinajstić information content (AvgIpc) is 2.96. The van der Waals surface area contributed by atoms with Crippen LogP contribution in [-0.4, -0.2) is 11.9 Å². The molecule has 1 aliphatic rings. The molecule has 4 nitrogen and oxygen atoms in total. The van der Waals surface area contributed by atoms with E-state index in [2.05, 4.69) is 11.9 Å². The van der Waals surface area contributed by atoms with Crippen molar-refractivity contribution >= 4 is 5.69 Å². The molecule has 0 fully saturated rings. The van der Waals surface area contributed by atoms with Crippen molar-refractivity contribution in [2.45, 2.75) is 12.6 Å². The lowest BCUT2D eigenvalue weighted by Gasteiger charge is -2.17. The Bertz CT molecular complexity index is 640. The summed E-state index contributed by atoms with van der Waals surface area (Å²) >= 11 is 0. The van der Waals surface area contributed by atoms with Crippen LogP contribution in [0.3, 0.4) is 0 Å². The van der Waals surface area contributed by atoms with E-state index in [9.17, 15) is 5.11 Å². The minimum Gasteiger partial charge on any atom is -0.454 e. The highest BCUT2D eigenvalue weighted by molar-refractivity contribution is 5.62. The maximum atomic E-state index is 10.3. The van der Waals surface area contributed by atoms with E-state index >= 15 is 0 Å². The van der Waals surface area contributed by atoms with E-state index in [1.807, 2.05) is 48.5 Å². The molecule has 4 heteroatoms. The fourth-order valence-corrected chi connectivity index (χ4v) is 2.31. The van der Waals surface area contributed by atoms with Crippen LogP contribution in [0.5, 0.6) is 11.5 Å². The summed E-state index contributed by atoms with van der Waals surface area (Å²) in [5.74, 6) is 1.41. The Morgan fingerprint density at radius 1 is 1.19 bits per heavy atom. The summed E-state index contributed by atoms with van der Waals surface area (Å²) in [6.45, 7) is 4.00. The van der Waals surface area contributed by atoms with E-state index in [1.54, 1.807) is 0 Å². The predicted molar refractivity (Wildman–Crippen MR) is 81.5 cm³/mol. The van der Waals surface area contributed by atoms with Gasteiger partial charge < -0.3 is 19.9 Å². The molecule has 0 saturated carbocycles. The fraction of sp³-hybridized carbons (Fsp3) is 0.176. The summed E-state index contributed by atoms with van der Waals surface area (Å²) in [6, 6.07) is 13.2. The first-order valence-corrected chi connectivity index (χ1v) is 6.81. The highest BCUT2D eigenvalue weighted by Crippen LogP contribution is 2.38. The van der Waals surface area contributed by atoms with Crippen molar-refractivity contribution in [2.24, 2.45) is 0 Å². The molecule has 1 aliphatic heterocycles. The molecule has 0 aromatic heterocycles. The van der Waals surface area contributed by atoms with E-state index in [1.165, 1.54) is 0 Å². The summed E-state index contributed by atoms with van der Waals surface area (Å²) in [6.07, 6.45) is 1.72. The molecular formula is C17H17NO3. The molecule has 0 bridgehead atoms. The number of rotatable bonds is 5. The Morgan fingerprint density at radius 2 is 1.90 bits per heavy atom. The van der Waals surface area contributed by atoms with Crippen LogP contribution in [0.4, 0.5) is 5.69 Å². The summed E-state index contributed by atoms with van der Waals surface area (Å²) in [7, 11) is 0. The van der Waals surface area contributed by atoms with Gasteiger partial charge in [0.25, 0.3) is 0 Å². The van der Waals surface area contributed by atoms with Crippen molar-refractivity contribution in [3.05, 3.63) is 66.2 Å². The van der Waals surface area contributed by atoms with Crippen LogP contribution in [-0.2, 0) is 6.42 Å². The highest BCUT2D eigenvalue weighted by atomic mass is 16.7. The van der Waals surface area contributed by atoms with E-state index in [4.69, 9.17) is 9.47 Å². The summed E-state index contributed by atoms with van der Waals surface area (Å²) < 4.78 is 10.8. The van der Waals surface area contributed by atoms with E-state index in [0.717, 1.165) is 22.6 Å².